The zero-order chi connectivity index (χ0) is 23.1. The van der Waals surface area contributed by atoms with Crippen molar-refractivity contribution in [3.63, 3.8) is 0 Å². The van der Waals surface area contributed by atoms with Crippen LogP contribution in [0.25, 0.3) is 22.0 Å². The van der Waals surface area contributed by atoms with E-state index < -0.39 is 0 Å². The minimum Gasteiger partial charge on any atom is -0.273 e. The summed E-state index contributed by atoms with van der Waals surface area (Å²) in [6.07, 6.45) is 0.631. The van der Waals surface area contributed by atoms with Crippen LogP contribution in [0.1, 0.15) is 41.8 Å². The van der Waals surface area contributed by atoms with Gasteiger partial charge in [0.05, 0.1) is 17.3 Å². The second-order valence-corrected chi connectivity index (χ2v) is 8.89. The van der Waals surface area contributed by atoms with Gasteiger partial charge in [-0.2, -0.15) is 5.10 Å². The zero-order valence-corrected chi connectivity index (χ0v) is 19.6. The molecular formula is C28H24ClN3O. The van der Waals surface area contributed by atoms with Gasteiger partial charge in [0.1, 0.15) is 0 Å². The maximum Gasteiger partial charge on any atom is 0.240 e. The molecule has 1 aromatic heterocycles. The van der Waals surface area contributed by atoms with Crippen molar-refractivity contribution in [2.24, 2.45) is 5.10 Å². The van der Waals surface area contributed by atoms with Crippen molar-refractivity contribution in [2.45, 2.75) is 33.2 Å². The van der Waals surface area contributed by atoms with Crippen LogP contribution < -0.4 is 0 Å². The Morgan fingerprint density at radius 3 is 2.36 bits per heavy atom. The van der Waals surface area contributed by atoms with E-state index in [2.05, 4.69) is 25.1 Å². The predicted octanol–water partition coefficient (Wildman–Crippen LogP) is 6.87. The number of fused-ring (bicyclic) bond motifs is 1. The Kier molecular flexibility index (Phi) is 5.47. The number of amides is 1. The van der Waals surface area contributed by atoms with Gasteiger partial charge in [-0.05, 0) is 48.7 Å². The summed E-state index contributed by atoms with van der Waals surface area (Å²) in [7, 11) is 0. The SMILES string of the molecule is CC(=O)N1N=C(c2c(C)nc3ccccc3c2-c2ccc(Cl)cc2)C[C@H]1c1ccccc1C. The predicted molar refractivity (Wildman–Crippen MR) is 135 cm³/mol. The molecule has 0 N–H and O–H groups in total. The van der Waals surface area contributed by atoms with E-state index in [9.17, 15) is 4.79 Å². The number of hydrazone groups is 1. The Morgan fingerprint density at radius 2 is 1.64 bits per heavy atom. The summed E-state index contributed by atoms with van der Waals surface area (Å²) >= 11 is 6.19. The molecule has 164 valence electrons. The number of hydrogen-bond donors (Lipinski definition) is 0. The first kappa shape index (κ1) is 21.4. The fraction of sp³-hybridized carbons (Fsp3) is 0.179. The molecule has 1 aliphatic rings. The zero-order valence-electron chi connectivity index (χ0n) is 18.8. The minimum atomic E-state index is -0.136. The summed E-state index contributed by atoms with van der Waals surface area (Å²) in [4.78, 5) is 17.5. The van der Waals surface area contributed by atoms with E-state index >= 15 is 0 Å². The molecule has 33 heavy (non-hydrogen) atoms. The highest BCUT2D eigenvalue weighted by Gasteiger charge is 2.34. The molecule has 0 bridgehead atoms. The summed E-state index contributed by atoms with van der Waals surface area (Å²) in [6.45, 7) is 5.67. The molecule has 5 heteroatoms. The number of nitrogens with zero attached hydrogens (tertiary/aromatic N) is 3. The quantitative estimate of drug-likeness (QED) is 0.339. The number of aromatic nitrogens is 1. The first-order chi connectivity index (χ1) is 15.9. The van der Waals surface area contributed by atoms with Gasteiger partial charge < -0.3 is 0 Å². The van der Waals surface area contributed by atoms with Gasteiger partial charge in [0.25, 0.3) is 0 Å². The largest absolute Gasteiger partial charge is 0.273 e. The average Bonchev–Trinajstić information content (AvgIpc) is 3.24. The topological polar surface area (TPSA) is 45.6 Å². The molecule has 4 aromatic rings. The van der Waals surface area contributed by atoms with Crippen molar-refractivity contribution >= 4 is 34.1 Å². The van der Waals surface area contributed by atoms with Crippen LogP contribution in [0.5, 0.6) is 0 Å². The van der Waals surface area contributed by atoms with E-state index in [0.29, 0.717) is 11.4 Å². The normalized spacial score (nSPS) is 15.7. The molecule has 4 nitrogen and oxygen atoms in total. The third-order valence-electron chi connectivity index (χ3n) is 6.28. The second-order valence-electron chi connectivity index (χ2n) is 8.46. The van der Waals surface area contributed by atoms with Gasteiger partial charge in [-0.25, -0.2) is 5.01 Å². The molecule has 3 aromatic carbocycles. The van der Waals surface area contributed by atoms with E-state index in [4.69, 9.17) is 21.7 Å². The van der Waals surface area contributed by atoms with Gasteiger partial charge in [0, 0.05) is 40.6 Å². The maximum absolute atomic E-state index is 12.6. The van der Waals surface area contributed by atoms with E-state index in [-0.39, 0.29) is 11.9 Å². The van der Waals surface area contributed by atoms with Crippen molar-refractivity contribution in [2.75, 3.05) is 0 Å². The first-order valence-corrected chi connectivity index (χ1v) is 11.4. The third-order valence-corrected chi connectivity index (χ3v) is 6.53. The number of hydrogen-bond acceptors (Lipinski definition) is 3. The Labute approximate surface area is 198 Å². The summed E-state index contributed by atoms with van der Waals surface area (Å²) in [5.41, 5.74) is 8.07. The molecule has 0 spiro atoms. The Balaban J connectivity index is 1.73. The minimum absolute atomic E-state index is 0.0716. The Morgan fingerprint density at radius 1 is 0.939 bits per heavy atom. The van der Waals surface area contributed by atoms with Crippen molar-refractivity contribution < 1.29 is 4.79 Å². The summed E-state index contributed by atoms with van der Waals surface area (Å²) < 4.78 is 0. The summed E-state index contributed by atoms with van der Waals surface area (Å²) in [5, 5.41) is 8.23. The highest BCUT2D eigenvalue weighted by atomic mass is 35.5. The lowest BCUT2D eigenvalue weighted by Crippen LogP contribution is -2.24. The van der Waals surface area contributed by atoms with Gasteiger partial charge in [-0.1, -0.05) is 66.2 Å². The molecule has 2 heterocycles. The maximum atomic E-state index is 12.6. The number of carbonyl (C=O) groups is 1. The van der Waals surface area contributed by atoms with Crippen molar-refractivity contribution in [1.29, 1.82) is 0 Å². The molecule has 0 aliphatic carbocycles. The first-order valence-electron chi connectivity index (χ1n) is 11.0. The van der Waals surface area contributed by atoms with Crippen LogP contribution in [0.15, 0.2) is 77.9 Å². The number of aryl methyl sites for hydroxylation is 2. The van der Waals surface area contributed by atoms with Crippen LogP contribution in [0, 0.1) is 13.8 Å². The molecule has 0 unspecified atom stereocenters. The number of halogens is 1. The monoisotopic (exact) mass is 453 g/mol. The van der Waals surface area contributed by atoms with Crippen LogP contribution >= 0.6 is 11.6 Å². The number of pyridine rings is 1. The molecule has 1 aliphatic heterocycles. The summed E-state index contributed by atoms with van der Waals surface area (Å²) in [6, 6.07) is 24.1. The van der Waals surface area contributed by atoms with Gasteiger partial charge >= 0.3 is 0 Å². The lowest BCUT2D eigenvalue weighted by Gasteiger charge is -2.22. The number of para-hydroxylation sites is 1. The lowest BCUT2D eigenvalue weighted by atomic mass is 9.88. The molecule has 0 radical (unpaired) electrons. The molecule has 1 amide bonds. The summed E-state index contributed by atoms with van der Waals surface area (Å²) in [5.74, 6) is -0.0716. The van der Waals surface area contributed by atoms with Gasteiger partial charge in [0.2, 0.25) is 5.91 Å². The molecule has 0 saturated carbocycles. The van der Waals surface area contributed by atoms with Gasteiger partial charge in [-0.3, -0.25) is 9.78 Å². The van der Waals surface area contributed by atoms with Crippen molar-refractivity contribution in [3.8, 4) is 11.1 Å². The van der Waals surface area contributed by atoms with E-state index in [1.807, 2.05) is 61.5 Å². The molecule has 0 fully saturated rings. The Hall–Kier alpha value is -3.50. The van der Waals surface area contributed by atoms with Gasteiger partial charge in [0.15, 0.2) is 0 Å². The standard InChI is InChI=1S/C28H24ClN3O/c1-17-8-4-5-9-22(17)26-16-25(31-32(26)19(3)33)27-18(2)30-24-11-7-6-10-23(24)28(27)20-12-14-21(29)15-13-20/h4-15,26H,16H2,1-3H3/t26-/m0/s1. The molecule has 5 rings (SSSR count). The van der Waals surface area contributed by atoms with E-state index in [1.165, 1.54) is 0 Å². The number of benzene rings is 3. The second kappa shape index (κ2) is 8.45. The third kappa shape index (κ3) is 3.81. The highest BCUT2D eigenvalue weighted by Crippen LogP contribution is 2.40. The number of carbonyl (C=O) groups excluding carboxylic acids is 1. The van der Waals surface area contributed by atoms with Crippen molar-refractivity contribution in [3.05, 3.63) is 100 Å². The van der Waals surface area contributed by atoms with Crippen LogP contribution in [0.3, 0.4) is 0 Å². The highest BCUT2D eigenvalue weighted by molar-refractivity contribution is 6.30. The van der Waals surface area contributed by atoms with E-state index in [1.54, 1.807) is 11.9 Å². The molecule has 0 saturated heterocycles. The van der Waals surface area contributed by atoms with Crippen LogP contribution in [0.4, 0.5) is 0 Å². The molecular weight excluding hydrogens is 430 g/mol. The van der Waals surface area contributed by atoms with E-state index in [0.717, 1.165) is 50.1 Å². The fourth-order valence-electron chi connectivity index (χ4n) is 4.76. The number of rotatable bonds is 3. The lowest BCUT2D eigenvalue weighted by molar-refractivity contribution is -0.130. The Bertz CT molecular complexity index is 1410. The fourth-order valence-corrected chi connectivity index (χ4v) is 4.88. The van der Waals surface area contributed by atoms with Crippen LogP contribution in [0.2, 0.25) is 5.02 Å². The molecule has 1 atom stereocenters. The smallest absolute Gasteiger partial charge is 0.240 e. The average molecular weight is 454 g/mol. The van der Waals surface area contributed by atoms with Crippen LogP contribution in [-0.4, -0.2) is 21.6 Å². The van der Waals surface area contributed by atoms with Gasteiger partial charge in [-0.15, -0.1) is 0 Å². The van der Waals surface area contributed by atoms with Crippen LogP contribution in [-0.2, 0) is 4.79 Å². The van der Waals surface area contributed by atoms with Crippen molar-refractivity contribution in [1.82, 2.24) is 9.99 Å².